The van der Waals surface area contributed by atoms with Crippen molar-refractivity contribution in [2.24, 2.45) is 5.92 Å². The Hall–Kier alpha value is -0.120. The van der Waals surface area contributed by atoms with E-state index in [0.717, 1.165) is 12.5 Å². The lowest BCUT2D eigenvalue weighted by molar-refractivity contribution is -0.109. The molecule has 0 saturated carbocycles. The summed E-state index contributed by atoms with van der Waals surface area (Å²) in [7, 11) is 3.70. The van der Waals surface area contributed by atoms with Crippen LogP contribution in [0.5, 0.6) is 0 Å². The molecule has 1 fully saturated rings. The third-order valence-electron chi connectivity index (χ3n) is 2.56. The number of nitrogens with zero attached hydrogens (tertiary/aromatic N) is 1. The molecule has 1 rings (SSSR count). The summed E-state index contributed by atoms with van der Waals surface area (Å²) in [4.78, 5) is 5.03. The van der Waals surface area contributed by atoms with E-state index in [1.807, 2.05) is 12.1 Å². The van der Waals surface area contributed by atoms with Crippen LogP contribution in [0.1, 0.15) is 19.3 Å². The minimum Gasteiger partial charge on any atom is -0.316 e. The first kappa shape index (κ1) is 9.96. The summed E-state index contributed by atoms with van der Waals surface area (Å²) in [5.74, 6) is 0.912. The van der Waals surface area contributed by atoms with Crippen molar-refractivity contribution >= 4 is 0 Å². The van der Waals surface area contributed by atoms with Gasteiger partial charge in [0, 0.05) is 13.6 Å². The molecule has 0 amide bonds. The van der Waals surface area contributed by atoms with Crippen LogP contribution in [0.25, 0.3) is 0 Å². The van der Waals surface area contributed by atoms with Crippen LogP contribution in [0, 0.1) is 5.92 Å². The molecule has 0 aromatic carbocycles. The second-order valence-electron chi connectivity index (χ2n) is 3.54. The Bertz CT molecular complexity index is 113. The van der Waals surface area contributed by atoms with Crippen molar-refractivity contribution in [3.63, 3.8) is 0 Å². The van der Waals surface area contributed by atoms with Crippen molar-refractivity contribution in [1.82, 2.24) is 10.4 Å². The van der Waals surface area contributed by atoms with Crippen molar-refractivity contribution in [1.29, 1.82) is 0 Å². The zero-order valence-corrected chi connectivity index (χ0v) is 8.18. The molecule has 1 saturated heterocycles. The molecule has 1 heterocycles. The number of hydrogen-bond donors (Lipinski definition) is 1. The molecule has 1 aliphatic heterocycles. The lowest BCUT2D eigenvalue weighted by Crippen LogP contribution is -2.19. The highest BCUT2D eigenvalue weighted by atomic mass is 16.7. The highest BCUT2D eigenvalue weighted by molar-refractivity contribution is 4.70. The van der Waals surface area contributed by atoms with Gasteiger partial charge in [-0.1, -0.05) is 0 Å². The molecular weight excluding hydrogens is 152 g/mol. The predicted octanol–water partition coefficient (Wildman–Crippen LogP) is 0.869. The van der Waals surface area contributed by atoms with E-state index < -0.39 is 0 Å². The highest BCUT2D eigenvalue weighted by Crippen LogP contribution is 2.14. The molecule has 3 heteroatoms. The van der Waals surface area contributed by atoms with Crippen molar-refractivity contribution in [2.75, 3.05) is 33.8 Å². The molecule has 0 aromatic rings. The summed E-state index contributed by atoms with van der Waals surface area (Å²) in [6.07, 6.45) is 3.94. The Morgan fingerprint density at radius 2 is 2.42 bits per heavy atom. The van der Waals surface area contributed by atoms with Crippen LogP contribution >= 0.6 is 0 Å². The molecule has 0 aliphatic carbocycles. The van der Waals surface area contributed by atoms with E-state index in [9.17, 15) is 0 Å². The van der Waals surface area contributed by atoms with Gasteiger partial charge in [-0.2, -0.15) is 5.06 Å². The predicted molar refractivity (Wildman–Crippen MR) is 49.8 cm³/mol. The van der Waals surface area contributed by atoms with Gasteiger partial charge in [-0.05, 0) is 38.3 Å². The molecule has 0 spiro atoms. The summed E-state index contributed by atoms with van der Waals surface area (Å²) in [5.41, 5.74) is 0. The van der Waals surface area contributed by atoms with Gasteiger partial charge in [-0.25, -0.2) is 0 Å². The van der Waals surface area contributed by atoms with E-state index in [2.05, 4.69) is 5.32 Å². The number of hydroxylamine groups is 2. The first-order valence-corrected chi connectivity index (χ1v) is 4.79. The molecule has 1 unspecified atom stereocenters. The largest absolute Gasteiger partial charge is 0.316 e. The van der Waals surface area contributed by atoms with Gasteiger partial charge in [0.05, 0.1) is 7.11 Å². The summed E-state index contributed by atoms with van der Waals surface area (Å²) < 4.78 is 0. The SMILES string of the molecule is CON(C)CCCC1CCNC1. The topological polar surface area (TPSA) is 24.5 Å². The summed E-state index contributed by atoms with van der Waals surface area (Å²) >= 11 is 0. The van der Waals surface area contributed by atoms with E-state index in [0.29, 0.717) is 0 Å². The van der Waals surface area contributed by atoms with Crippen LogP contribution in [0.2, 0.25) is 0 Å². The molecule has 0 aromatic heterocycles. The molecule has 12 heavy (non-hydrogen) atoms. The van der Waals surface area contributed by atoms with Gasteiger partial charge in [0.1, 0.15) is 0 Å². The molecule has 1 atom stereocenters. The molecule has 1 aliphatic rings. The van der Waals surface area contributed by atoms with Crippen molar-refractivity contribution in [2.45, 2.75) is 19.3 Å². The zero-order valence-electron chi connectivity index (χ0n) is 8.18. The standard InChI is InChI=1S/C9H20N2O/c1-11(12-2)7-3-4-9-5-6-10-8-9/h9-10H,3-8H2,1-2H3. The Morgan fingerprint density at radius 3 is 3.00 bits per heavy atom. The Labute approximate surface area is 75.0 Å². The van der Waals surface area contributed by atoms with Crippen LogP contribution in [0.4, 0.5) is 0 Å². The van der Waals surface area contributed by atoms with Crippen LogP contribution in [-0.2, 0) is 4.84 Å². The Morgan fingerprint density at radius 1 is 1.58 bits per heavy atom. The second kappa shape index (κ2) is 5.51. The maximum Gasteiger partial charge on any atom is 0.0575 e. The minimum atomic E-state index is 0.912. The van der Waals surface area contributed by atoms with E-state index in [4.69, 9.17) is 4.84 Å². The second-order valence-corrected chi connectivity index (χ2v) is 3.54. The average molecular weight is 172 g/mol. The van der Waals surface area contributed by atoms with E-state index in [1.165, 1.54) is 32.4 Å². The van der Waals surface area contributed by atoms with Gasteiger partial charge in [0.15, 0.2) is 0 Å². The number of nitrogens with one attached hydrogen (secondary N) is 1. The fraction of sp³-hybridized carbons (Fsp3) is 1.00. The number of hydrogen-bond acceptors (Lipinski definition) is 3. The summed E-state index contributed by atoms with van der Waals surface area (Å²) in [5, 5.41) is 5.27. The van der Waals surface area contributed by atoms with E-state index in [-0.39, 0.29) is 0 Å². The Balaban J connectivity index is 1.94. The fourth-order valence-corrected chi connectivity index (χ4v) is 1.65. The van der Waals surface area contributed by atoms with E-state index in [1.54, 1.807) is 7.11 Å². The maximum absolute atomic E-state index is 5.03. The fourth-order valence-electron chi connectivity index (χ4n) is 1.65. The van der Waals surface area contributed by atoms with Gasteiger partial charge in [-0.15, -0.1) is 0 Å². The third-order valence-corrected chi connectivity index (χ3v) is 2.56. The molecule has 0 radical (unpaired) electrons. The molecular formula is C9H20N2O. The minimum absolute atomic E-state index is 0.912. The van der Waals surface area contributed by atoms with Crippen molar-refractivity contribution in [3.8, 4) is 0 Å². The molecule has 1 N–H and O–H groups in total. The van der Waals surface area contributed by atoms with Crippen LogP contribution < -0.4 is 5.32 Å². The summed E-state index contributed by atoms with van der Waals surface area (Å²) in [6.45, 7) is 3.48. The zero-order chi connectivity index (χ0) is 8.81. The molecule has 72 valence electrons. The molecule has 3 nitrogen and oxygen atoms in total. The van der Waals surface area contributed by atoms with Crippen molar-refractivity contribution in [3.05, 3.63) is 0 Å². The van der Waals surface area contributed by atoms with Crippen LogP contribution in [0.3, 0.4) is 0 Å². The number of rotatable bonds is 5. The first-order valence-electron chi connectivity index (χ1n) is 4.79. The van der Waals surface area contributed by atoms with Gasteiger partial charge >= 0.3 is 0 Å². The monoisotopic (exact) mass is 172 g/mol. The Kier molecular flexibility index (Phi) is 4.58. The summed E-state index contributed by atoms with van der Waals surface area (Å²) in [6, 6.07) is 0. The van der Waals surface area contributed by atoms with Crippen LogP contribution in [0.15, 0.2) is 0 Å². The maximum atomic E-state index is 5.03. The highest BCUT2D eigenvalue weighted by Gasteiger charge is 2.13. The van der Waals surface area contributed by atoms with Gasteiger partial charge in [0.2, 0.25) is 0 Å². The molecule has 0 bridgehead atoms. The average Bonchev–Trinajstić information content (AvgIpc) is 2.57. The van der Waals surface area contributed by atoms with Gasteiger partial charge < -0.3 is 10.2 Å². The van der Waals surface area contributed by atoms with Crippen molar-refractivity contribution < 1.29 is 4.84 Å². The van der Waals surface area contributed by atoms with Crippen LogP contribution in [-0.4, -0.2) is 38.9 Å². The lowest BCUT2D eigenvalue weighted by Gasteiger charge is -2.14. The van der Waals surface area contributed by atoms with E-state index >= 15 is 0 Å². The quantitative estimate of drug-likeness (QED) is 0.623. The first-order chi connectivity index (χ1) is 5.83. The lowest BCUT2D eigenvalue weighted by atomic mass is 10.0. The third kappa shape index (κ3) is 3.52. The normalized spacial score (nSPS) is 23.8. The smallest absolute Gasteiger partial charge is 0.0575 e. The van der Waals surface area contributed by atoms with Gasteiger partial charge in [-0.3, -0.25) is 0 Å². The van der Waals surface area contributed by atoms with Gasteiger partial charge in [0.25, 0.3) is 0 Å².